The van der Waals surface area contributed by atoms with Crippen LogP contribution in [-0.4, -0.2) is 76.6 Å². The van der Waals surface area contributed by atoms with Gasteiger partial charge in [0.05, 0.1) is 6.20 Å². The Bertz CT molecular complexity index is 757. The molecule has 1 amide bonds. The van der Waals surface area contributed by atoms with Crippen molar-refractivity contribution in [3.05, 3.63) is 36.1 Å². The fourth-order valence-corrected chi connectivity index (χ4v) is 4.01. The third-order valence-corrected chi connectivity index (χ3v) is 5.42. The van der Waals surface area contributed by atoms with Crippen molar-refractivity contribution in [1.29, 1.82) is 0 Å². The van der Waals surface area contributed by atoms with Gasteiger partial charge in [-0.1, -0.05) is 5.16 Å². The lowest BCUT2D eigenvalue weighted by atomic mass is 9.96. The summed E-state index contributed by atoms with van der Waals surface area (Å²) < 4.78 is 5.05. The van der Waals surface area contributed by atoms with Gasteiger partial charge in [0.25, 0.3) is 5.91 Å². The van der Waals surface area contributed by atoms with E-state index in [-0.39, 0.29) is 5.91 Å². The molecule has 2 aliphatic rings. The molecule has 0 aliphatic carbocycles. The lowest BCUT2D eigenvalue weighted by Gasteiger charge is -2.39. The van der Waals surface area contributed by atoms with Gasteiger partial charge in [0.15, 0.2) is 5.69 Å². The second kappa shape index (κ2) is 8.04. The van der Waals surface area contributed by atoms with Gasteiger partial charge < -0.3 is 14.3 Å². The van der Waals surface area contributed by atoms with Gasteiger partial charge >= 0.3 is 0 Å². The molecule has 0 radical (unpaired) electrons. The third-order valence-electron chi connectivity index (χ3n) is 5.42. The first-order valence-corrected chi connectivity index (χ1v) is 9.65. The molecule has 2 aliphatic heterocycles. The Kier molecular flexibility index (Phi) is 5.33. The van der Waals surface area contributed by atoms with Crippen LogP contribution in [0.5, 0.6) is 0 Å². The lowest BCUT2D eigenvalue weighted by Crippen LogP contribution is -2.50. The fraction of sp³-hybridized carbons (Fsp3) is 0.579. The molecule has 0 bridgehead atoms. The van der Waals surface area contributed by atoms with Crippen LogP contribution < -0.4 is 4.90 Å². The van der Waals surface area contributed by atoms with Crippen molar-refractivity contribution in [1.82, 2.24) is 24.9 Å². The summed E-state index contributed by atoms with van der Waals surface area (Å²) in [7, 11) is 0. The van der Waals surface area contributed by atoms with E-state index in [0.29, 0.717) is 17.4 Å². The van der Waals surface area contributed by atoms with Crippen LogP contribution in [0.1, 0.15) is 29.1 Å². The molecule has 2 fully saturated rings. The molecule has 8 nitrogen and oxygen atoms in total. The van der Waals surface area contributed by atoms with Crippen LogP contribution >= 0.6 is 0 Å². The zero-order valence-corrected chi connectivity index (χ0v) is 15.8. The molecule has 2 aromatic rings. The Morgan fingerprint density at radius 2 is 2.07 bits per heavy atom. The smallest absolute Gasteiger partial charge is 0.276 e. The highest BCUT2D eigenvalue weighted by Gasteiger charge is 2.28. The number of hydrogen-bond donors (Lipinski definition) is 0. The number of anilines is 1. The number of piperidine rings is 1. The fourth-order valence-electron chi connectivity index (χ4n) is 4.01. The highest BCUT2D eigenvalue weighted by atomic mass is 16.5. The highest BCUT2D eigenvalue weighted by Crippen LogP contribution is 2.21. The summed E-state index contributed by atoms with van der Waals surface area (Å²) in [6.45, 7) is 8.42. The zero-order valence-electron chi connectivity index (χ0n) is 15.8. The summed E-state index contributed by atoms with van der Waals surface area (Å²) in [6.07, 6.45) is 7.49. The quantitative estimate of drug-likeness (QED) is 0.806. The Morgan fingerprint density at radius 1 is 1.22 bits per heavy atom. The Balaban J connectivity index is 1.28. The minimum Gasteiger partial charge on any atom is -0.361 e. The number of hydrogen-bond acceptors (Lipinski definition) is 7. The number of aromatic nitrogens is 3. The molecular weight excluding hydrogens is 344 g/mol. The lowest BCUT2D eigenvalue weighted by molar-refractivity contribution is 0.0627. The van der Waals surface area contributed by atoms with Crippen LogP contribution in [0, 0.1) is 12.8 Å². The molecule has 1 atom stereocenters. The molecule has 4 heterocycles. The van der Waals surface area contributed by atoms with Gasteiger partial charge in [-0.25, -0.2) is 4.98 Å². The van der Waals surface area contributed by atoms with Gasteiger partial charge in [-0.15, -0.1) is 0 Å². The first-order valence-electron chi connectivity index (χ1n) is 9.65. The van der Waals surface area contributed by atoms with Crippen LogP contribution in [0.25, 0.3) is 0 Å². The van der Waals surface area contributed by atoms with E-state index in [9.17, 15) is 4.79 Å². The second-order valence-corrected chi connectivity index (χ2v) is 7.43. The first kappa shape index (κ1) is 17.9. The minimum atomic E-state index is -0.0102. The van der Waals surface area contributed by atoms with Crippen molar-refractivity contribution in [3.63, 3.8) is 0 Å². The molecule has 27 heavy (non-hydrogen) atoms. The molecule has 2 aromatic heterocycles. The number of likely N-dealkylation sites (tertiary alicyclic amines) is 1. The Hall–Kier alpha value is -2.48. The average molecular weight is 370 g/mol. The van der Waals surface area contributed by atoms with E-state index in [1.54, 1.807) is 18.5 Å². The van der Waals surface area contributed by atoms with Crippen molar-refractivity contribution in [2.24, 2.45) is 5.92 Å². The normalized spacial score (nSPS) is 21.4. The van der Waals surface area contributed by atoms with Crippen molar-refractivity contribution < 1.29 is 9.32 Å². The summed E-state index contributed by atoms with van der Waals surface area (Å²) in [4.78, 5) is 27.9. The number of carbonyl (C=O) groups is 1. The monoisotopic (exact) mass is 370 g/mol. The maximum Gasteiger partial charge on any atom is 0.276 e. The second-order valence-electron chi connectivity index (χ2n) is 7.43. The molecule has 0 saturated carbocycles. The standard InChI is InChI=1S/C19H26N6O2/c1-15-11-17(22-27-15)19(26)25-6-2-3-16(14-25)13-23-7-9-24(10-8-23)18-12-20-4-5-21-18/h4-5,11-12,16H,2-3,6-10,13-14H2,1H3. The van der Waals surface area contributed by atoms with Crippen LogP contribution in [0.2, 0.25) is 0 Å². The maximum absolute atomic E-state index is 12.6. The number of aryl methyl sites for hydroxylation is 1. The molecule has 1 unspecified atom stereocenters. The van der Waals surface area contributed by atoms with E-state index >= 15 is 0 Å². The number of piperazine rings is 1. The molecule has 8 heteroatoms. The number of carbonyl (C=O) groups excluding carboxylic acids is 1. The number of nitrogens with zero attached hydrogens (tertiary/aromatic N) is 6. The van der Waals surface area contributed by atoms with Gasteiger partial charge in [-0.2, -0.15) is 0 Å². The molecule has 4 rings (SSSR count). The van der Waals surface area contributed by atoms with Crippen molar-refractivity contribution in [2.75, 3.05) is 50.7 Å². The van der Waals surface area contributed by atoms with E-state index in [1.807, 2.05) is 18.0 Å². The molecular formula is C19H26N6O2. The van der Waals surface area contributed by atoms with Gasteiger partial charge in [0, 0.05) is 64.3 Å². The largest absolute Gasteiger partial charge is 0.361 e. The predicted molar refractivity (Wildman–Crippen MR) is 101 cm³/mol. The third kappa shape index (κ3) is 4.27. The topological polar surface area (TPSA) is 78.6 Å². The Labute approximate surface area is 159 Å². The molecule has 0 N–H and O–H groups in total. The molecule has 2 saturated heterocycles. The SMILES string of the molecule is Cc1cc(C(=O)N2CCCC(CN3CCN(c4cnccn4)CC3)C2)no1. The average Bonchev–Trinajstić information content (AvgIpc) is 3.15. The van der Waals surface area contributed by atoms with Gasteiger partial charge in [-0.05, 0) is 25.7 Å². The summed E-state index contributed by atoms with van der Waals surface area (Å²) in [5.74, 6) is 2.13. The van der Waals surface area contributed by atoms with Crippen molar-refractivity contribution in [2.45, 2.75) is 19.8 Å². The molecule has 0 spiro atoms. The maximum atomic E-state index is 12.6. The summed E-state index contributed by atoms with van der Waals surface area (Å²) in [5.41, 5.74) is 0.422. The van der Waals surface area contributed by atoms with Gasteiger partial charge in [0.2, 0.25) is 0 Å². The van der Waals surface area contributed by atoms with Crippen LogP contribution in [0.4, 0.5) is 5.82 Å². The van der Waals surface area contributed by atoms with E-state index < -0.39 is 0 Å². The van der Waals surface area contributed by atoms with Gasteiger partial charge in [-0.3, -0.25) is 14.7 Å². The van der Waals surface area contributed by atoms with Crippen molar-refractivity contribution in [3.8, 4) is 0 Å². The van der Waals surface area contributed by atoms with E-state index in [0.717, 1.165) is 58.1 Å². The predicted octanol–water partition coefficient (Wildman–Crippen LogP) is 1.45. The number of amides is 1. The van der Waals surface area contributed by atoms with E-state index in [2.05, 4.69) is 24.9 Å². The summed E-state index contributed by atoms with van der Waals surface area (Å²) in [6, 6.07) is 1.72. The molecule has 144 valence electrons. The van der Waals surface area contributed by atoms with Crippen LogP contribution in [0.3, 0.4) is 0 Å². The summed E-state index contributed by atoms with van der Waals surface area (Å²) >= 11 is 0. The Morgan fingerprint density at radius 3 is 2.78 bits per heavy atom. The summed E-state index contributed by atoms with van der Waals surface area (Å²) in [5, 5.41) is 3.88. The first-order chi connectivity index (χ1) is 13.2. The molecule has 0 aromatic carbocycles. The van der Waals surface area contributed by atoms with Crippen LogP contribution in [0.15, 0.2) is 29.2 Å². The van der Waals surface area contributed by atoms with Gasteiger partial charge in [0.1, 0.15) is 11.6 Å². The highest BCUT2D eigenvalue weighted by molar-refractivity contribution is 5.92. The minimum absolute atomic E-state index is 0.0102. The van der Waals surface area contributed by atoms with Crippen LogP contribution in [-0.2, 0) is 0 Å². The number of rotatable bonds is 4. The van der Waals surface area contributed by atoms with E-state index in [1.165, 1.54) is 6.42 Å². The zero-order chi connectivity index (χ0) is 18.6. The van der Waals surface area contributed by atoms with E-state index in [4.69, 9.17) is 4.52 Å². The van der Waals surface area contributed by atoms with Crippen molar-refractivity contribution >= 4 is 11.7 Å².